The molecular weight excluding hydrogens is 420 g/mol. The van der Waals surface area contributed by atoms with Crippen LogP contribution in [0.1, 0.15) is 47.0 Å². The molecule has 2 aromatic carbocycles. The first kappa shape index (κ1) is 21.4. The number of rotatable bonds is 6. The minimum Gasteiger partial charge on any atom is -0.489 e. The van der Waals surface area contributed by atoms with Crippen molar-refractivity contribution in [3.63, 3.8) is 0 Å². The van der Waals surface area contributed by atoms with E-state index >= 15 is 0 Å². The van der Waals surface area contributed by atoms with Gasteiger partial charge in [-0.2, -0.15) is 0 Å². The number of hydrogen-bond acceptors (Lipinski definition) is 6. The zero-order valence-electron chi connectivity index (χ0n) is 19.0. The molecule has 1 amide bonds. The van der Waals surface area contributed by atoms with Crippen LogP contribution in [0.15, 0.2) is 47.0 Å². The highest BCUT2D eigenvalue weighted by Crippen LogP contribution is 2.38. The maximum absolute atomic E-state index is 13.1. The highest BCUT2D eigenvalue weighted by Gasteiger charge is 2.30. The summed E-state index contributed by atoms with van der Waals surface area (Å²) >= 11 is 0. The minimum atomic E-state index is 0.0750. The highest BCUT2D eigenvalue weighted by molar-refractivity contribution is 5.79. The van der Waals surface area contributed by atoms with Gasteiger partial charge in [0.2, 0.25) is 5.91 Å². The zero-order chi connectivity index (χ0) is 22.8. The molecule has 1 saturated heterocycles. The van der Waals surface area contributed by atoms with Gasteiger partial charge in [0.05, 0.1) is 23.7 Å². The molecule has 7 nitrogen and oxygen atoms in total. The van der Waals surface area contributed by atoms with E-state index in [4.69, 9.17) is 18.7 Å². The average Bonchev–Trinajstić information content (AvgIpc) is 3.45. The van der Waals surface area contributed by atoms with Crippen molar-refractivity contribution in [2.24, 2.45) is 0 Å². The maximum atomic E-state index is 13.1. The van der Waals surface area contributed by atoms with Crippen LogP contribution in [0.25, 0.3) is 0 Å². The molecule has 2 aliphatic heterocycles. The lowest BCUT2D eigenvalue weighted by molar-refractivity contribution is -0.131. The van der Waals surface area contributed by atoms with Gasteiger partial charge in [-0.05, 0) is 62.1 Å². The molecule has 2 aliphatic rings. The Morgan fingerprint density at radius 3 is 2.64 bits per heavy atom. The monoisotopic (exact) mass is 448 g/mol. The molecule has 1 atom stereocenters. The minimum absolute atomic E-state index is 0.0750. The highest BCUT2D eigenvalue weighted by atomic mass is 16.6. The maximum Gasteiger partial charge on any atom is 0.227 e. The molecule has 172 valence electrons. The number of likely N-dealkylation sites (tertiary alicyclic amines) is 1. The molecule has 0 N–H and O–H groups in total. The Labute approximate surface area is 193 Å². The van der Waals surface area contributed by atoms with Crippen LogP contribution in [0.5, 0.6) is 17.2 Å². The number of nitrogens with zero attached hydrogens (tertiary/aromatic N) is 2. The quantitative estimate of drug-likeness (QED) is 0.551. The topological polar surface area (TPSA) is 74.0 Å². The predicted molar refractivity (Wildman–Crippen MR) is 122 cm³/mol. The van der Waals surface area contributed by atoms with Crippen molar-refractivity contribution >= 4 is 5.91 Å². The smallest absolute Gasteiger partial charge is 0.227 e. The first-order valence-electron chi connectivity index (χ1n) is 11.4. The molecule has 3 aromatic rings. The summed E-state index contributed by atoms with van der Waals surface area (Å²) in [6.07, 6.45) is 2.32. The van der Waals surface area contributed by atoms with Crippen LogP contribution in [-0.4, -0.2) is 35.7 Å². The van der Waals surface area contributed by atoms with Crippen molar-refractivity contribution in [3.05, 3.63) is 70.6 Å². The molecule has 0 bridgehead atoms. The van der Waals surface area contributed by atoms with Gasteiger partial charge < -0.3 is 23.6 Å². The molecule has 0 saturated carbocycles. The normalized spacial score (nSPS) is 17.3. The lowest BCUT2D eigenvalue weighted by atomic mass is 10.0. The van der Waals surface area contributed by atoms with E-state index in [1.165, 1.54) is 0 Å². The van der Waals surface area contributed by atoms with E-state index < -0.39 is 0 Å². The van der Waals surface area contributed by atoms with Gasteiger partial charge in [-0.1, -0.05) is 23.4 Å². The summed E-state index contributed by atoms with van der Waals surface area (Å²) in [6, 6.07) is 13.8. The number of carbonyl (C=O) groups excluding carboxylic acids is 1. The lowest BCUT2D eigenvalue weighted by Crippen LogP contribution is -2.31. The SMILES string of the molecule is Cc1noc(C)c1COc1ccc(CC(=O)N2CCCC2c2ccc3c(c2)OCCO3)cc1. The van der Waals surface area contributed by atoms with E-state index in [1.807, 2.05) is 55.1 Å². The van der Waals surface area contributed by atoms with E-state index in [0.29, 0.717) is 26.2 Å². The van der Waals surface area contributed by atoms with Gasteiger partial charge in [0.1, 0.15) is 31.3 Å². The van der Waals surface area contributed by atoms with Crippen molar-refractivity contribution in [1.29, 1.82) is 0 Å². The first-order valence-corrected chi connectivity index (χ1v) is 11.4. The third-order valence-electron chi connectivity index (χ3n) is 6.37. The molecular formula is C26H28N2O5. The third kappa shape index (κ3) is 4.53. The molecule has 0 aliphatic carbocycles. The zero-order valence-corrected chi connectivity index (χ0v) is 19.0. The van der Waals surface area contributed by atoms with Crippen molar-refractivity contribution in [1.82, 2.24) is 10.1 Å². The third-order valence-corrected chi connectivity index (χ3v) is 6.37. The molecule has 0 radical (unpaired) electrons. The molecule has 7 heteroatoms. The second-order valence-electron chi connectivity index (χ2n) is 8.56. The summed E-state index contributed by atoms with van der Waals surface area (Å²) < 4.78 is 22.4. The summed E-state index contributed by atoms with van der Waals surface area (Å²) in [4.78, 5) is 15.1. The standard InChI is InChI=1S/C26H28N2O5/c1-17-22(18(2)33-27-17)16-32-21-8-5-19(6-9-21)14-26(29)28-11-3-4-23(28)20-7-10-24-25(15-20)31-13-12-30-24/h5-10,15,23H,3-4,11-14,16H2,1-2H3. The Kier molecular flexibility index (Phi) is 5.94. The van der Waals surface area contributed by atoms with Crippen molar-refractivity contribution < 1.29 is 23.5 Å². The van der Waals surface area contributed by atoms with Crippen molar-refractivity contribution in [2.45, 2.75) is 45.8 Å². The van der Waals surface area contributed by atoms with Crippen LogP contribution >= 0.6 is 0 Å². The van der Waals surface area contributed by atoms with Crippen molar-refractivity contribution in [3.8, 4) is 17.2 Å². The predicted octanol–water partition coefficient (Wildman–Crippen LogP) is 4.55. The number of benzene rings is 2. The van der Waals surface area contributed by atoms with Crippen LogP contribution in [0, 0.1) is 13.8 Å². The number of carbonyl (C=O) groups is 1. The van der Waals surface area contributed by atoms with Gasteiger partial charge in [0.15, 0.2) is 11.5 Å². The Balaban J connectivity index is 1.21. The number of amides is 1. The second kappa shape index (κ2) is 9.17. The molecule has 1 aromatic heterocycles. The van der Waals surface area contributed by atoms with Gasteiger partial charge in [-0.25, -0.2) is 0 Å². The fraction of sp³-hybridized carbons (Fsp3) is 0.385. The summed E-state index contributed by atoms with van der Waals surface area (Å²) in [5.41, 5.74) is 3.88. The number of fused-ring (bicyclic) bond motifs is 1. The van der Waals surface area contributed by atoms with Crippen LogP contribution in [0.3, 0.4) is 0 Å². The lowest BCUT2D eigenvalue weighted by Gasteiger charge is -2.27. The molecule has 3 heterocycles. The largest absolute Gasteiger partial charge is 0.489 e. The number of ether oxygens (including phenoxy) is 3. The molecule has 5 rings (SSSR count). The Hall–Kier alpha value is -3.48. The fourth-order valence-electron chi connectivity index (χ4n) is 4.52. The average molecular weight is 449 g/mol. The van der Waals surface area contributed by atoms with Crippen LogP contribution in [0.2, 0.25) is 0 Å². The summed E-state index contributed by atoms with van der Waals surface area (Å²) in [5, 5.41) is 3.95. The van der Waals surface area contributed by atoms with E-state index in [2.05, 4.69) is 11.2 Å². The van der Waals surface area contributed by atoms with Crippen LogP contribution in [0.4, 0.5) is 0 Å². The molecule has 0 spiro atoms. The molecule has 1 unspecified atom stereocenters. The van der Waals surface area contributed by atoms with Gasteiger partial charge in [0, 0.05) is 6.54 Å². The first-order chi connectivity index (χ1) is 16.1. The Morgan fingerprint density at radius 1 is 1.09 bits per heavy atom. The van der Waals surface area contributed by atoms with Crippen LogP contribution in [-0.2, 0) is 17.8 Å². The summed E-state index contributed by atoms with van der Waals surface area (Å²) in [5.74, 6) is 3.20. The van der Waals surface area contributed by atoms with Crippen molar-refractivity contribution in [2.75, 3.05) is 19.8 Å². The van der Waals surface area contributed by atoms with E-state index in [9.17, 15) is 4.79 Å². The van der Waals surface area contributed by atoms with Gasteiger partial charge in [-0.15, -0.1) is 0 Å². The van der Waals surface area contributed by atoms with Gasteiger partial charge >= 0.3 is 0 Å². The summed E-state index contributed by atoms with van der Waals surface area (Å²) in [7, 11) is 0. The number of aryl methyl sites for hydroxylation is 2. The van der Waals surface area contributed by atoms with Crippen LogP contribution < -0.4 is 14.2 Å². The molecule has 1 fully saturated rings. The van der Waals surface area contributed by atoms with E-state index in [-0.39, 0.29) is 11.9 Å². The Bertz CT molecular complexity index is 1120. The number of hydrogen-bond donors (Lipinski definition) is 0. The molecule has 33 heavy (non-hydrogen) atoms. The Morgan fingerprint density at radius 2 is 1.88 bits per heavy atom. The fourth-order valence-corrected chi connectivity index (χ4v) is 4.52. The second-order valence-corrected chi connectivity index (χ2v) is 8.56. The van der Waals surface area contributed by atoms with Gasteiger partial charge in [0.25, 0.3) is 0 Å². The van der Waals surface area contributed by atoms with E-state index in [1.54, 1.807) is 0 Å². The van der Waals surface area contributed by atoms with Gasteiger partial charge in [-0.3, -0.25) is 4.79 Å². The summed E-state index contributed by atoms with van der Waals surface area (Å²) in [6.45, 7) is 6.09. The number of aromatic nitrogens is 1. The van der Waals surface area contributed by atoms with E-state index in [0.717, 1.165) is 64.8 Å².